The van der Waals surface area contributed by atoms with E-state index in [9.17, 15) is 4.79 Å². The zero-order valence-corrected chi connectivity index (χ0v) is 25.0. The van der Waals surface area contributed by atoms with Gasteiger partial charge in [0.15, 0.2) is 0 Å². The van der Waals surface area contributed by atoms with Crippen LogP contribution in [0.2, 0.25) is 0 Å². The number of amides is 1. The molecule has 2 aliphatic rings. The number of ether oxygens (including phenoxy) is 1. The fraction of sp³-hybridized carbons (Fsp3) is 0.457. The monoisotopic (exact) mass is 554 g/mol. The lowest BCUT2D eigenvalue weighted by molar-refractivity contribution is -0.132. The topological polar surface area (TPSA) is 39.3 Å². The van der Waals surface area contributed by atoms with Crippen molar-refractivity contribution in [2.75, 3.05) is 71.9 Å². The Hall–Kier alpha value is -3.35. The van der Waals surface area contributed by atoms with Crippen molar-refractivity contribution in [1.82, 2.24) is 14.7 Å². The number of rotatable bonds is 10. The van der Waals surface area contributed by atoms with E-state index in [0.717, 1.165) is 64.4 Å². The largest absolute Gasteiger partial charge is 0.497 e. The van der Waals surface area contributed by atoms with Gasteiger partial charge in [-0.15, -0.1) is 0 Å². The van der Waals surface area contributed by atoms with Crippen molar-refractivity contribution in [2.24, 2.45) is 5.92 Å². The van der Waals surface area contributed by atoms with Crippen LogP contribution in [0, 0.1) is 5.92 Å². The number of methoxy groups -OCH3 is 1. The van der Waals surface area contributed by atoms with Crippen LogP contribution in [0.4, 0.5) is 5.69 Å². The van der Waals surface area contributed by atoms with Crippen molar-refractivity contribution < 1.29 is 9.53 Å². The van der Waals surface area contributed by atoms with Crippen LogP contribution >= 0.6 is 0 Å². The van der Waals surface area contributed by atoms with E-state index in [2.05, 4.69) is 106 Å². The summed E-state index contributed by atoms with van der Waals surface area (Å²) in [7, 11) is 6.09. The smallest absolute Gasteiger partial charge is 0.222 e. The van der Waals surface area contributed by atoms with Gasteiger partial charge in [0, 0.05) is 63.3 Å². The third-order valence-corrected chi connectivity index (χ3v) is 9.08. The van der Waals surface area contributed by atoms with Crippen molar-refractivity contribution in [1.29, 1.82) is 0 Å². The SMILES string of the molecule is COc1ccc(N2CCN(C(=O)CC[C@H]3CN(CC(c4ccccc4)c4ccccc4)CC[C@H]3N(C)C)CC2)cc1. The normalized spacial score (nSPS) is 20.0. The molecule has 2 atom stereocenters. The molecule has 5 rings (SSSR count). The molecule has 3 aromatic rings. The number of hydrogen-bond acceptors (Lipinski definition) is 5. The van der Waals surface area contributed by atoms with E-state index >= 15 is 0 Å². The second kappa shape index (κ2) is 14.0. The number of benzene rings is 3. The first-order valence-corrected chi connectivity index (χ1v) is 15.2. The van der Waals surface area contributed by atoms with E-state index in [-0.39, 0.29) is 0 Å². The molecule has 0 unspecified atom stereocenters. The summed E-state index contributed by atoms with van der Waals surface area (Å²) in [6, 6.07) is 30.5. The van der Waals surface area contributed by atoms with Gasteiger partial charge in [-0.25, -0.2) is 0 Å². The Bertz CT molecular complexity index is 1170. The maximum atomic E-state index is 13.3. The molecule has 2 saturated heterocycles. The van der Waals surface area contributed by atoms with Crippen LogP contribution < -0.4 is 9.64 Å². The molecule has 41 heavy (non-hydrogen) atoms. The number of piperidine rings is 1. The quantitative estimate of drug-likeness (QED) is 0.344. The summed E-state index contributed by atoms with van der Waals surface area (Å²) in [5.74, 6) is 2.00. The highest BCUT2D eigenvalue weighted by Gasteiger charge is 2.33. The van der Waals surface area contributed by atoms with E-state index in [1.54, 1.807) is 7.11 Å². The van der Waals surface area contributed by atoms with E-state index in [4.69, 9.17) is 4.74 Å². The second-order valence-electron chi connectivity index (χ2n) is 11.8. The first-order chi connectivity index (χ1) is 20.0. The summed E-state index contributed by atoms with van der Waals surface area (Å²) in [6.07, 6.45) is 2.72. The number of nitrogens with zero attached hydrogens (tertiary/aromatic N) is 4. The Labute approximate surface area is 246 Å². The highest BCUT2D eigenvalue weighted by atomic mass is 16.5. The predicted molar refractivity (Wildman–Crippen MR) is 168 cm³/mol. The molecule has 2 heterocycles. The van der Waals surface area contributed by atoms with Gasteiger partial charge >= 0.3 is 0 Å². The van der Waals surface area contributed by atoms with Gasteiger partial charge in [-0.1, -0.05) is 60.7 Å². The Morgan fingerprint density at radius 2 is 1.46 bits per heavy atom. The molecule has 0 spiro atoms. The number of likely N-dealkylation sites (tertiary alicyclic amines) is 1. The Balaban J connectivity index is 1.17. The zero-order chi connectivity index (χ0) is 28.6. The molecule has 0 bridgehead atoms. The standard InChI is InChI=1S/C35H46N4O2/c1-36(2)34-20-21-37(27-33(28-10-6-4-7-11-28)29-12-8-5-9-13-29)26-30(34)14-19-35(40)39-24-22-38(23-25-39)31-15-17-32(41-3)18-16-31/h4-13,15-18,30,33-34H,14,19-27H2,1-3H3/t30-,34+/m0/s1. The molecule has 1 amide bonds. The Morgan fingerprint density at radius 1 is 0.854 bits per heavy atom. The van der Waals surface area contributed by atoms with E-state index in [1.807, 2.05) is 12.1 Å². The maximum absolute atomic E-state index is 13.3. The lowest BCUT2D eigenvalue weighted by Crippen LogP contribution is -2.51. The van der Waals surface area contributed by atoms with Gasteiger partial charge in [0.1, 0.15) is 5.75 Å². The summed E-state index contributed by atoms with van der Waals surface area (Å²) in [6.45, 7) is 6.45. The highest BCUT2D eigenvalue weighted by Crippen LogP contribution is 2.31. The molecule has 218 valence electrons. The van der Waals surface area contributed by atoms with Crippen molar-refractivity contribution in [2.45, 2.75) is 31.2 Å². The molecule has 0 aliphatic carbocycles. The second-order valence-corrected chi connectivity index (χ2v) is 11.8. The van der Waals surface area contributed by atoms with Gasteiger partial charge in [0.25, 0.3) is 0 Å². The van der Waals surface area contributed by atoms with Gasteiger partial charge in [0.2, 0.25) is 5.91 Å². The fourth-order valence-corrected chi connectivity index (χ4v) is 6.73. The van der Waals surface area contributed by atoms with Gasteiger partial charge in [-0.05, 0) is 74.8 Å². The molecular weight excluding hydrogens is 508 g/mol. The summed E-state index contributed by atoms with van der Waals surface area (Å²) in [5.41, 5.74) is 3.93. The summed E-state index contributed by atoms with van der Waals surface area (Å²) in [4.78, 5) is 22.8. The zero-order valence-electron chi connectivity index (χ0n) is 25.0. The van der Waals surface area contributed by atoms with Crippen LogP contribution in [-0.4, -0.2) is 93.7 Å². The number of carbonyl (C=O) groups is 1. The molecule has 0 saturated carbocycles. The Morgan fingerprint density at radius 3 is 2.02 bits per heavy atom. The minimum Gasteiger partial charge on any atom is -0.497 e. The molecule has 2 fully saturated rings. The molecule has 0 N–H and O–H groups in total. The lowest BCUT2D eigenvalue weighted by atomic mass is 9.85. The average Bonchev–Trinajstić information content (AvgIpc) is 3.03. The van der Waals surface area contributed by atoms with Gasteiger partial charge < -0.3 is 24.3 Å². The summed E-state index contributed by atoms with van der Waals surface area (Å²) >= 11 is 0. The third kappa shape index (κ3) is 7.49. The van der Waals surface area contributed by atoms with Gasteiger partial charge in [0.05, 0.1) is 7.11 Å². The molecule has 6 heteroatoms. The molecule has 3 aromatic carbocycles. The molecule has 2 aliphatic heterocycles. The first kappa shape index (κ1) is 29.2. The highest BCUT2D eigenvalue weighted by molar-refractivity contribution is 5.76. The van der Waals surface area contributed by atoms with Crippen LogP contribution in [-0.2, 0) is 4.79 Å². The van der Waals surface area contributed by atoms with E-state index in [1.165, 1.54) is 16.8 Å². The van der Waals surface area contributed by atoms with Crippen molar-refractivity contribution in [3.05, 3.63) is 96.1 Å². The molecule has 6 nitrogen and oxygen atoms in total. The Kier molecular flexibility index (Phi) is 9.97. The van der Waals surface area contributed by atoms with Crippen LogP contribution in [0.25, 0.3) is 0 Å². The van der Waals surface area contributed by atoms with Crippen molar-refractivity contribution in [3.63, 3.8) is 0 Å². The fourth-order valence-electron chi connectivity index (χ4n) is 6.73. The van der Waals surface area contributed by atoms with Crippen LogP contribution in [0.1, 0.15) is 36.3 Å². The minimum atomic E-state index is 0.306. The van der Waals surface area contributed by atoms with Gasteiger partial charge in [-0.3, -0.25) is 4.79 Å². The van der Waals surface area contributed by atoms with Crippen molar-refractivity contribution >= 4 is 11.6 Å². The van der Waals surface area contributed by atoms with E-state index in [0.29, 0.717) is 30.2 Å². The average molecular weight is 555 g/mol. The van der Waals surface area contributed by atoms with E-state index < -0.39 is 0 Å². The minimum absolute atomic E-state index is 0.306. The molecule has 0 radical (unpaired) electrons. The molecule has 0 aromatic heterocycles. The lowest BCUT2D eigenvalue weighted by Gasteiger charge is -2.43. The van der Waals surface area contributed by atoms with Gasteiger partial charge in [-0.2, -0.15) is 0 Å². The number of piperazine rings is 1. The molecular formula is C35H46N4O2. The van der Waals surface area contributed by atoms with Crippen LogP contribution in [0.3, 0.4) is 0 Å². The maximum Gasteiger partial charge on any atom is 0.222 e. The predicted octanol–water partition coefficient (Wildman–Crippen LogP) is 5.21. The number of anilines is 1. The summed E-state index contributed by atoms with van der Waals surface area (Å²) < 4.78 is 5.29. The third-order valence-electron chi connectivity index (χ3n) is 9.08. The summed E-state index contributed by atoms with van der Waals surface area (Å²) in [5, 5.41) is 0. The number of hydrogen-bond donors (Lipinski definition) is 0. The van der Waals surface area contributed by atoms with Crippen molar-refractivity contribution in [3.8, 4) is 5.75 Å². The number of carbonyl (C=O) groups excluding carboxylic acids is 1. The first-order valence-electron chi connectivity index (χ1n) is 15.2. The van der Waals surface area contributed by atoms with Crippen LogP contribution in [0.5, 0.6) is 5.75 Å². The van der Waals surface area contributed by atoms with Crippen LogP contribution in [0.15, 0.2) is 84.9 Å².